The largest absolute Gasteiger partial charge is 0.459 e. The third-order valence-corrected chi connectivity index (χ3v) is 2.89. The Bertz CT molecular complexity index is 511. The number of amides is 1. The van der Waals surface area contributed by atoms with E-state index in [1.807, 2.05) is 30.3 Å². The van der Waals surface area contributed by atoms with Crippen molar-refractivity contribution in [3.8, 4) is 0 Å². The molecule has 6 heteroatoms. The van der Waals surface area contributed by atoms with Crippen LogP contribution in [0.3, 0.4) is 0 Å². The molecule has 128 valence electrons. The topological polar surface area (TPSA) is 90.7 Å². The summed E-state index contributed by atoms with van der Waals surface area (Å²) < 4.78 is 10.3. The monoisotopic (exact) mass is 322 g/mol. The number of carbonyl (C=O) groups is 2. The van der Waals surface area contributed by atoms with E-state index in [0.717, 1.165) is 5.56 Å². The summed E-state index contributed by atoms with van der Waals surface area (Å²) in [5.74, 6) is -0.483. The molecule has 0 saturated carbocycles. The molecular formula is C17H26N2O4. The molecule has 0 bridgehead atoms. The highest BCUT2D eigenvalue weighted by Crippen LogP contribution is 2.10. The van der Waals surface area contributed by atoms with Crippen LogP contribution in [-0.2, 0) is 20.9 Å². The number of hydrogen-bond donors (Lipinski definition) is 2. The van der Waals surface area contributed by atoms with E-state index in [4.69, 9.17) is 15.2 Å². The van der Waals surface area contributed by atoms with E-state index in [2.05, 4.69) is 5.32 Å². The molecule has 1 rings (SSSR count). The van der Waals surface area contributed by atoms with Gasteiger partial charge in [-0.25, -0.2) is 4.79 Å². The van der Waals surface area contributed by atoms with Gasteiger partial charge in [0.15, 0.2) is 0 Å². The molecule has 0 radical (unpaired) electrons. The van der Waals surface area contributed by atoms with Crippen LogP contribution in [0.25, 0.3) is 0 Å². The van der Waals surface area contributed by atoms with E-state index >= 15 is 0 Å². The zero-order valence-electron chi connectivity index (χ0n) is 14.2. The molecule has 1 aromatic carbocycles. The highest BCUT2D eigenvalue weighted by Gasteiger charge is 2.24. The van der Waals surface area contributed by atoms with Gasteiger partial charge in [-0.3, -0.25) is 4.79 Å². The molecule has 6 nitrogen and oxygen atoms in total. The van der Waals surface area contributed by atoms with Crippen LogP contribution >= 0.6 is 0 Å². The minimum atomic E-state index is -0.793. The van der Waals surface area contributed by atoms with Crippen LogP contribution in [-0.4, -0.2) is 29.7 Å². The van der Waals surface area contributed by atoms with Gasteiger partial charge in [-0.1, -0.05) is 30.3 Å². The minimum Gasteiger partial charge on any atom is -0.459 e. The van der Waals surface area contributed by atoms with Crippen LogP contribution < -0.4 is 11.1 Å². The van der Waals surface area contributed by atoms with Gasteiger partial charge in [-0.15, -0.1) is 0 Å². The molecule has 0 heterocycles. The van der Waals surface area contributed by atoms with Crippen molar-refractivity contribution in [1.29, 1.82) is 0 Å². The summed E-state index contributed by atoms with van der Waals surface area (Å²) in [5.41, 5.74) is 6.12. The van der Waals surface area contributed by atoms with Gasteiger partial charge < -0.3 is 20.5 Å². The summed E-state index contributed by atoms with van der Waals surface area (Å²) >= 11 is 0. The van der Waals surface area contributed by atoms with Gasteiger partial charge in [0.05, 0.1) is 0 Å². The highest BCUT2D eigenvalue weighted by atomic mass is 16.6. The second-order valence-corrected chi connectivity index (χ2v) is 6.48. The van der Waals surface area contributed by atoms with E-state index < -0.39 is 23.7 Å². The highest BCUT2D eigenvalue weighted by molar-refractivity contribution is 5.76. The fourth-order valence-corrected chi connectivity index (χ4v) is 1.88. The lowest BCUT2D eigenvalue weighted by molar-refractivity contribution is -0.156. The Morgan fingerprint density at radius 2 is 1.83 bits per heavy atom. The Balaban J connectivity index is 2.33. The number of ether oxygens (including phenoxy) is 2. The van der Waals surface area contributed by atoms with Gasteiger partial charge in [0.25, 0.3) is 0 Å². The molecule has 0 aliphatic rings. The minimum absolute atomic E-state index is 0.192. The molecule has 23 heavy (non-hydrogen) atoms. The van der Waals surface area contributed by atoms with Gasteiger partial charge in [-0.05, 0) is 39.7 Å². The molecule has 0 unspecified atom stereocenters. The number of alkyl carbamates (subject to hydrolysis) is 1. The fraction of sp³-hybridized carbons (Fsp3) is 0.529. The summed E-state index contributed by atoms with van der Waals surface area (Å²) in [5, 5.41) is 2.65. The molecule has 0 aliphatic carbocycles. The summed E-state index contributed by atoms with van der Waals surface area (Å²) in [6.07, 6.45) is -0.271. The van der Waals surface area contributed by atoms with Crippen molar-refractivity contribution in [3.63, 3.8) is 0 Å². The maximum absolute atomic E-state index is 11.8. The summed E-state index contributed by atoms with van der Waals surface area (Å²) in [6, 6.07) is 8.28. The Hall–Kier alpha value is -2.08. The van der Waals surface area contributed by atoms with Crippen molar-refractivity contribution in [2.45, 2.75) is 58.4 Å². The smallest absolute Gasteiger partial charge is 0.407 e. The average molecular weight is 322 g/mol. The maximum atomic E-state index is 11.8. The van der Waals surface area contributed by atoms with E-state index in [1.54, 1.807) is 27.7 Å². The lowest BCUT2D eigenvalue weighted by Crippen LogP contribution is -2.43. The molecule has 0 saturated heterocycles. The van der Waals surface area contributed by atoms with Crippen LogP contribution in [0.15, 0.2) is 30.3 Å². The van der Waals surface area contributed by atoms with Gasteiger partial charge in [0.2, 0.25) is 0 Å². The SMILES string of the molecule is C[C@@H](C[C@H](N)C(=O)OC(C)(C)C)NC(=O)OCc1ccccc1. The molecule has 2 atom stereocenters. The quantitative estimate of drug-likeness (QED) is 0.785. The number of nitrogens with one attached hydrogen (secondary N) is 1. The first-order valence-electron chi connectivity index (χ1n) is 7.63. The molecule has 0 spiro atoms. The molecule has 1 aromatic rings. The Kier molecular flexibility index (Phi) is 7.03. The van der Waals surface area contributed by atoms with Crippen molar-refractivity contribution in [3.05, 3.63) is 35.9 Å². The summed E-state index contributed by atoms with van der Waals surface area (Å²) in [6.45, 7) is 7.28. The van der Waals surface area contributed by atoms with Crippen molar-refractivity contribution in [1.82, 2.24) is 5.32 Å². The number of nitrogens with two attached hydrogens (primary N) is 1. The van der Waals surface area contributed by atoms with E-state index in [1.165, 1.54) is 0 Å². The van der Waals surface area contributed by atoms with Gasteiger partial charge >= 0.3 is 12.1 Å². The molecule has 1 amide bonds. The van der Waals surface area contributed by atoms with Crippen molar-refractivity contribution in [2.75, 3.05) is 0 Å². The number of esters is 1. The standard InChI is InChI=1S/C17H26N2O4/c1-12(10-14(18)15(20)23-17(2,3)4)19-16(21)22-11-13-8-6-5-7-9-13/h5-9,12,14H,10-11,18H2,1-4H3,(H,19,21)/t12-,14-/m0/s1. The lowest BCUT2D eigenvalue weighted by atomic mass is 10.1. The van der Waals surface area contributed by atoms with Crippen LogP contribution in [0.2, 0.25) is 0 Å². The first kappa shape index (κ1) is 19.0. The first-order chi connectivity index (χ1) is 10.7. The number of carbonyl (C=O) groups excluding carboxylic acids is 2. The molecular weight excluding hydrogens is 296 g/mol. The van der Waals surface area contributed by atoms with Crippen LogP contribution in [0.5, 0.6) is 0 Å². The predicted molar refractivity (Wildman–Crippen MR) is 87.7 cm³/mol. The lowest BCUT2D eigenvalue weighted by Gasteiger charge is -2.23. The van der Waals surface area contributed by atoms with E-state index in [9.17, 15) is 9.59 Å². The second-order valence-electron chi connectivity index (χ2n) is 6.48. The second kappa shape index (κ2) is 8.53. The van der Waals surface area contributed by atoms with Gasteiger partial charge in [0, 0.05) is 6.04 Å². The van der Waals surface area contributed by atoms with Crippen molar-refractivity contribution >= 4 is 12.1 Å². The zero-order chi connectivity index (χ0) is 17.5. The van der Waals surface area contributed by atoms with Gasteiger partial charge in [-0.2, -0.15) is 0 Å². The van der Waals surface area contributed by atoms with Crippen LogP contribution in [0.4, 0.5) is 4.79 Å². The maximum Gasteiger partial charge on any atom is 0.407 e. The molecule has 0 aromatic heterocycles. The summed E-state index contributed by atoms with van der Waals surface area (Å²) in [7, 11) is 0. The first-order valence-corrected chi connectivity index (χ1v) is 7.63. The van der Waals surface area contributed by atoms with Crippen molar-refractivity contribution in [2.24, 2.45) is 5.73 Å². The fourth-order valence-electron chi connectivity index (χ4n) is 1.88. The third kappa shape index (κ3) is 8.21. The molecule has 0 aliphatic heterocycles. The average Bonchev–Trinajstić information content (AvgIpc) is 2.44. The van der Waals surface area contributed by atoms with Crippen molar-refractivity contribution < 1.29 is 19.1 Å². The zero-order valence-corrected chi connectivity index (χ0v) is 14.2. The predicted octanol–water partition coefficient (Wildman–Crippen LogP) is 2.36. The molecule has 3 N–H and O–H groups in total. The Labute approximate surface area is 137 Å². The van der Waals surface area contributed by atoms with Crippen LogP contribution in [0, 0.1) is 0 Å². The Morgan fingerprint density at radius 3 is 2.39 bits per heavy atom. The third-order valence-electron chi connectivity index (χ3n) is 2.89. The number of rotatable bonds is 6. The number of benzene rings is 1. The van der Waals surface area contributed by atoms with Crippen LogP contribution in [0.1, 0.15) is 39.7 Å². The summed E-state index contributed by atoms with van der Waals surface area (Å²) in [4.78, 5) is 23.5. The van der Waals surface area contributed by atoms with Gasteiger partial charge in [0.1, 0.15) is 18.2 Å². The van der Waals surface area contributed by atoms with E-state index in [0.29, 0.717) is 0 Å². The Morgan fingerprint density at radius 1 is 1.22 bits per heavy atom. The molecule has 0 fully saturated rings. The normalized spacial score (nSPS) is 13.8. The number of hydrogen-bond acceptors (Lipinski definition) is 5. The van der Waals surface area contributed by atoms with E-state index in [-0.39, 0.29) is 19.1 Å².